The largest absolute Gasteiger partial charge is 0.500 e. The van der Waals surface area contributed by atoms with Crippen LogP contribution in [0.3, 0.4) is 0 Å². The average molecular weight is 660 g/mol. The van der Waals surface area contributed by atoms with Gasteiger partial charge in [-0.05, 0) is 81.8 Å². The Labute approximate surface area is 257 Å². The van der Waals surface area contributed by atoms with Crippen molar-refractivity contribution < 1.29 is 22.9 Å². The smallest absolute Gasteiger partial charge is 0.438 e. The first-order valence-electron chi connectivity index (χ1n) is 15.9. The van der Waals surface area contributed by atoms with Crippen molar-refractivity contribution in [2.24, 2.45) is 17.2 Å². The van der Waals surface area contributed by atoms with E-state index in [1.54, 1.807) is 0 Å². The van der Waals surface area contributed by atoms with Gasteiger partial charge >= 0.3 is 8.80 Å². The molecule has 0 bridgehead atoms. The third-order valence-electron chi connectivity index (χ3n) is 8.59. The minimum atomic E-state index is -2.40. The Balaban J connectivity index is -0.000000552. The number of hydrogen-bond donors (Lipinski definition) is 5. The maximum atomic E-state index is 8.69. The quantitative estimate of drug-likeness (QED) is 0.116. The molecule has 0 aromatic rings. The van der Waals surface area contributed by atoms with Gasteiger partial charge in [-0.2, -0.15) is 0 Å². The maximum absolute atomic E-state index is 8.69. The van der Waals surface area contributed by atoms with E-state index >= 15 is 0 Å². The third-order valence-corrected chi connectivity index (χ3v) is 24.7. The predicted octanol–water partition coefficient (Wildman–Crippen LogP) is 4.02. The van der Waals surface area contributed by atoms with Gasteiger partial charge in [0.15, 0.2) is 19.5 Å². The first-order chi connectivity index (χ1) is 18.6. The molecule has 0 aliphatic rings. The fourth-order valence-electron chi connectivity index (χ4n) is 4.60. The zero-order valence-corrected chi connectivity index (χ0v) is 34.4. The molecule has 8 N–H and O–H groups in total. The van der Waals surface area contributed by atoms with Gasteiger partial charge in [-0.1, -0.05) is 66.0 Å². The van der Waals surface area contributed by atoms with E-state index in [-0.39, 0.29) is 0 Å². The van der Waals surface area contributed by atoms with Gasteiger partial charge in [0.1, 0.15) is 0 Å². The molecule has 0 rings (SSSR count). The highest BCUT2D eigenvalue weighted by Crippen LogP contribution is 2.43. The second kappa shape index (κ2) is 26.2. The number of hydrogen-bond acceptors (Lipinski definition) is 8. The monoisotopic (exact) mass is 659 g/mol. The Hall–Kier alpha value is 0.764. The fraction of sp³-hybridized carbons (Fsp3) is 1.00. The van der Waals surface area contributed by atoms with E-state index in [4.69, 9.17) is 40.1 Å². The summed E-state index contributed by atoms with van der Waals surface area (Å²) in [5, 5.41) is 0. The summed E-state index contributed by atoms with van der Waals surface area (Å²) >= 11 is 0. The molecule has 40 heavy (non-hydrogen) atoms. The van der Waals surface area contributed by atoms with Crippen LogP contribution in [-0.2, 0) is 13.3 Å². The third kappa shape index (κ3) is 20.6. The van der Waals surface area contributed by atoms with Gasteiger partial charge in [-0.3, -0.25) is 0 Å². The molecular formula is C27H73N3O5Si5. The van der Waals surface area contributed by atoms with Gasteiger partial charge in [0, 0.05) is 25.9 Å². The van der Waals surface area contributed by atoms with Crippen LogP contribution in [0.1, 0.15) is 67.7 Å². The Morgan fingerprint density at radius 2 is 0.850 bits per heavy atom. The van der Waals surface area contributed by atoms with Crippen LogP contribution in [0.5, 0.6) is 0 Å². The molecule has 0 aliphatic carbocycles. The van der Waals surface area contributed by atoms with Gasteiger partial charge in [0.25, 0.3) is 0 Å². The van der Waals surface area contributed by atoms with Crippen molar-refractivity contribution in [3.8, 4) is 0 Å². The van der Waals surface area contributed by atoms with Crippen molar-refractivity contribution >= 4 is 44.5 Å². The highest BCUT2D eigenvalue weighted by Gasteiger charge is 2.40. The van der Waals surface area contributed by atoms with E-state index in [1.807, 2.05) is 34.6 Å². The Bertz CT molecular complexity index is 520. The minimum Gasteiger partial charge on any atom is -0.438 e. The summed E-state index contributed by atoms with van der Waals surface area (Å²) in [4.78, 5) is 17.4. The molecule has 13 heteroatoms. The second-order valence-electron chi connectivity index (χ2n) is 12.5. The molecular weight excluding hydrogens is 587 g/mol. The zero-order chi connectivity index (χ0) is 31.8. The molecule has 0 amide bonds. The molecule has 0 heterocycles. The molecule has 0 aromatic carbocycles. The first kappa shape index (κ1) is 45.2. The van der Waals surface area contributed by atoms with Crippen LogP contribution in [0.4, 0.5) is 0 Å². The van der Waals surface area contributed by atoms with Gasteiger partial charge < -0.3 is 40.1 Å². The molecule has 8 nitrogen and oxygen atoms in total. The van der Waals surface area contributed by atoms with Crippen molar-refractivity contribution in [3.05, 3.63) is 0 Å². The van der Waals surface area contributed by atoms with Gasteiger partial charge in [0.2, 0.25) is 0 Å². The molecule has 4 unspecified atom stereocenters. The molecule has 246 valence electrons. The van der Waals surface area contributed by atoms with E-state index in [1.165, 1.54) is 24.9 Å². The van der Waals surface area contributed by atoms with E-state index < -0.39 is 44.5 Å². The van der Waals surface area contributed by atoms with Crippen LogP contribution in [0.25, 0.3) is 0 Å². The van der Waals surface area contributed by atoms with Crippen LogP contribution in [0.2, 0.25) is 66.5 Å². The molecule has 0 saturated carbocycles. The summed E-state index contributed by atoms with van der Waals surface area (Å²) < 4.78 is 17.0. The highest BCUT2D eigenvalue weighted by molar-refractivity contribution is 6.84. The summed E-state index contributed by atoms with van der Waals surface area (Å²) in [6, 6.07) is 3.59. The number of rotatable bonds is 21. The van der Waals surface area contributed by atoms with Gasteiger partial charge in [-0.25, -0.2) is 0 Å². The zero-order valence-electron chi connectivity index (χ0n) is 28.6. The highest BCUT2D eigenvalue weighted by atomic mass is 28.4. The van der Waals surface area contributed by atoms with Crippen molar-refractivity contribution in [2.45, 2.75) is 134 Å². The summed E-state index contributed by atoms with van der Waals surface area (Å²) in [6.07, 6.45) is 3.31. The molecule has 0 aliphatic heterocycles. The van der Waals surface area contributed by atoms with Crippen molar-refractivity contribution in [3.63, 3.8) is 0 Å². The van der Waals surface area contributed by atoms with Crippen LogP contribution in [0.15, 0.2) is 0 Å². The summed E-state index contributed by atoms with van der Waals surface area (Å²) in [7, 11) is -6.32. The van der Waals surface area contributed by atoms with Crippen molar-refractivity contribution in [2.75, 3.05) is 39.5 Å². The van der Waals surface area contributed by atoms with E-state index in [9.17, 15) is 0 Å². The lowest BCUT2D eigenvalue weighted by molar-refractivity contribution is 0.0710. The van der Waals surface area contributed by atoms with Crippen molar-refractivity contribution in [1.29, 1.82) is 0 Å². The van der Waals surface area contributed by atoms with Crippen molar-refractivity contribution in [1.82, 2.24) is 0 Å². The number of nitrogens with two attached hydrogens (primary N) is 3. The van der Waals surface area contributed by atoms with Crippen LogP contribution in [0, 0.1) is 0 Å². The maximum Gasteiger partial charge on any atom is 0.500 e. The fourth-order valence-corrected chi connectivity index (χ4v) is 17.4. The Morgan fingerprint density at radius 1 is 0.575 bits per heavy atom. The molecule has 0 saturated heterocycles. The Kier molecular flexibility index (Phi) is 29.6. The lowest BCUT2D eigenvalue weighted by Gasteiger charge is -2.41. The SMILES string of the molecule is CC(C(C)[Si](C)(C)CCCN)[Si](C)(C)CCCN.CC([SiH2]O)C(C)[SiH2]O.CCO[Si](CCCN)(OCC)OCC. The second-order valence-corrected chi connectivity index (χ2v) is 29.3. The molecule has 0 fully saturated rings. The molecule has 0 aromatic heterocycles. The lowest BCUT2D eigenvalue weighted by Crippen LogP contribution is -2.46. The average Bonchev–Trinajstić information content (AvgIpc) is 2.93. The predicted molar refractivity (Wildman–Crippen MR) is 190 cm³/mol. The van der Waals surface area contributed by atoms with E-state index in [0.717, 1.165) is 36.6 Å². The topological polar surface area (TPSA) is 146 Å². The van der Waals surface area contributed by atoms with Gasteiger partial charge in [-0.15, -0.1) is 0 Å². The van der Waals surface area contributed by atoms with Crippen LogP contribution < -0.4 is 17.2 Å². The molecule has 0 spiro atoms. The summed E-state index contributed by atoms with van der Waals surface area (Å²) in [5.41, 5.74) is 19.5. The first-order valence-corrected chi connectivity index (χ1v) is 27.3. The van der Waals surface area contributed by atoms with Crippen LogP contribution in [-0.4, -0.2) is 93.5 Å². The standard InChI is InChI=1S/C14H36N2Si2.C9H23NO3Si.C4H14O2Si2/c1-13(17(3,4)11-7-9-15)14(2)18(5,6)12-8-10-16;1-4-11-14(12-5-2,13-6-3)9-7-8-10;1-3(7-5)4(2)8-6/h13-14H,7-12,15-16H2,1-6H3;4-10H2,1-3H3;3-6H,7-8H2,1-2H3. The molecule has 4 atom stereocenters. The van der Waals surface area contributed by atoms with E-state index in [2.05, 4.69) is 40.0 Å². The Morgan fingerprint density at radius 3 is 1.07 bits per heavy atom. The van der Waals surface area contributed by atoms with Crippen LogP contribution >= 0.6 is 0 Å². The minimum absolute atomic E-state index is 0.423. The summed E-state index contributed by atoms with van der Waals surface area (Å²) in [6.45, 7) is 29.4. The normalized spacial score (nSPS) is 15.9. The molecule has 0 radical (unpaired) electrons. The van der Waals surface area contributed by atoms with E-state index in [0.29, 0.717) is 37.4 Å². The van der Waals surface area contributed by atoms with Gasteiger partial charge in [0.05, 0.1) is 16.1 Å². The summed E-state index contributed by atoms with van der Waals surface area (Å²) in [5.74, 6) is 0. The lowest BCUT2D eigenvalue weighted by atomic mass is 10.3.